The summed E-state index contributed by atoms with van der Waals surface area (Å²) in [7, 11) is 1.60. The molecule has 1 aromatic carbocycles. The lowest BCUT2D eigenvalue weighted by Crippen LogP contribution is -2.44. The number of hydrogen-bond acceptors (Lipinski definition) is 3. The van der Waals surface area contributed by atoms with Crippen molar-refractivity contribution in [3.05, 3.63) is 34.9 Å². The molecule has 2 N–H and O–H groups in total. The van der Waals surface area contributed by atoms with Crippen molar-refractivity contribution in [2.24, 2.45) is 0 Å². The van der Waals surface area contributed by atoms with Gasteiger partial charge in [-0.05, 0) is 25.5 Å². The average molecular weight is 285 g/mol. The molecule has 4 nitrogen and oxygen atoms in total. The fourth-order valence-electron chi connectivity index (χ4n) is 1.80. The standard InChI is InChI=1S/C14H21ClN2O2/c1-10(12-6-4-5-7-13(12)15)17-11(2)14(18)16-8-9-19-3/h4-7,10-11,17H,8-9H2,1-3H3,(H,16,18)/t10-,11?/m1/s1. The van der Waals surface area contributed by atoms with Gasteiger partial charge in [0.2, 0.25) is 5.91 Å². The highest BCUT2D eigenvalue weighted by atomic mass is 35.5. The van der Waals surface area contributed by atoms with Crippen LogP contribution < -0.4 is 10.6 Å². The minimum absolute atomic E-state index is 0.0110. The Morgan fingerprint density at radius 2 is 2.05 bits per heavy atom. The van der Waals surface area contributed by atoms with Crippen LogP contribution in [0.1, 0.15) is 25.5 Å². The number of nitrogens with one attached hydrogen (secondary N) is 2. The highest BCUT2D eigenvalue weighted by Crippen LogP contribution is 2.22. The van der Waals surface area contributed by atoms with Gasteiger partial charge in [-0.15, -0.1) is 0 Å². The molecule has 0 saturated carbocycles. The number of carbonyl (C=O) groups excluding carboxylic acids is 1. The van der Waals surface area contributed by atoms with E-state index in [1.54, 1.807) is 7.11 Å². The van der Waals surface area contributed by atoms with E-state index in [9.17, 15) is 4.79 Å². The van der Waals surface area contributed by atoms with Crippen molar-refractivity contribution in [2.75, 3.05) is 20.3 Å². The topological polar surface area (TPSA) is 50.4 Å². The van der Waals surface area contributed by atoms with Crippen molar-refractivity contribution in [3.63, 3.8) is 0 Å². The highest BCUT2D eigenvalue weighted by Gasteiger charge is 2.17. The van der Waals surface area contributed by atoms with E-state index in [4.69, 9.17) is 16.3 Å². The lowest BCUT2D eigenvalue weighted by atomic mass is 10.1. The van der Waals surface area contributed by atoms with Crippen molar-refractivity contribution in [2.45, 2.75) is 25.9 Å². The lowest BCUT2D eigenvalue weighted by Gasteiger charge is -2.20. The first-order valence-corrected chi connectivity index (χ1v) is 6.71. The van der Waals surface area contributed by atoms with Gasteiger partial charge in [-0.2, -0.15) is 0 Å². The van der Waals surface area contributed by atoms with Gasteiger partial charge >= 0.3 is 0 Å². The second kappa shape index (κ2) is 8.15. The number of halogens is 1. The molecule has 19 heavy (non-hydrogen) atoms. The molecule has 0 spiro atoms. The second-order valence-corrected chi connectivity index (χ2v) is 4.82. The van der Waals surface area contributed by atoms with Crippen molar-refractivity contribution < 1.29 is 9.53 Å². The number of carbonyl (C=O) groups is 1. The maximum absolute atomic E-state index is 11.8. The molecule has 1 aromatic rings. The summed E-state index contributed by atoms with van der Waals surface area (Å²) in [6, 6.07) is 7.34. The Hall–Kier alpha value is -1.10. The van der Waals surface area contributed by atoms with Gasteiger partial charge in [0.05, 0.1) is 12.6 Å². The van der Waals surface area contributed by atoms with Gasteiger partial charge in [0.1, 0.15) is 0 Å². The zero-order valence-electron chi connectivity index (χ0n) is 11.6. The monoisotopic (exact) mass is 284 g/mol. The first kappa shape index (κ1) is 16.0. The van der Waals surface area contributed by atoms with E-state index in [2.05, 4.69) is 10.6 Å². The molecule has 0 aliphatic rings. The van der Waals surface area contributed by atoms with Crippen LogP contribution in [0.25, 0.3) is 0 Å². The number of methoxy groups -OCH3 is 1. The van der Waals surface area contributed by atoms with Gasteiger partial charge in [0, 0.05) is 24.7 Å². The smallest absolute Gasteiger partial charge is 0.236 e. The molecule has 106 valence electrons. The Morgan fingerprint density at radius 1 is 1.37 bits per heavy atom. The van der Waals surface area contributed by atoms with Crippen LogP contribution in [-0.4, -0.2) is 32.2 Å². The predicted molar refractivity (Wildman–Crippen MR) is 77.4 cm³/mol. The number of hydrogen-bond donors (Lipinski definition) is 2. The van der Waals surface area contributed by atoms with E-state index in [1.165, 1.54) is 0 Å². The van der Waals surface area contributed by atoms with Crippen LogP contribution in [0.3, 0.4) is 0 Å². The quantitative estimate of drug-likeness (QED) is 0.754. The van der Waals surface area contributed by atoms with Crippen LogP contribution in [0, 0.1) is 0 Å². The van der Waals surface area contributed by atoms with Gasteiger partial charge < -0.3 is 10.1 Å². The largest absolute Gasteiger partial charge is 0.383 e. The summed E-state index contributed by atoms with van der Waals surface area (Å²) < 4.78 is 4.89. The van der Waals surface area contributed by atoms with Gasteiger partial charge in [0.25, 0.3) is 0 Å². The Morgan fingerprint density at radius 3 is 2.68 bits per heavy atom. The van der Waals surface area contributed by atoms with E-state index in [0.29, 0.717) is 18.2 Å². The van der Waals surface area contributed by atoms with Crippen LogP contribution in [0.2, 0.25) is 5.02 Å². The van der Waals surface area contributed by atoms with Gasteiger partial charge in [-0.1, -0.05) is 29.8 Å². The molecule has 0 fully saturated rings. The van der Waals surface area contributed by atoms with E-state index < -0.39 is 0 Å². The summed E-state index contributed by atoms with van der Waals surface area (Å²) in [4.78, 5) is 11.8. The van der Waals surface area contributed by atoms with Crippen LogP contribution in [-0.2, 0) is 9.53 Å². The summed E-state index contributed by atoms with van der Waals surface area (Å²) in [5, 5.41) is 6.72. The number of ether oxygens (including phenoxy) is 1. The third kappa shape index (κ3) is 5.19. The van der Waals surface area contributed by atoms with Crippen molar-refractivity contribution in [1.82, 2.24) is 10.6 Å². The second-order valence-electron chi connectivity index (χ2n) is 4.42. The molecule has 1 rings (SSSR count). The molecule has 1 amide bonds. The first-order valence-electron chi connectivity index (χ1n) is 6.33. The Labute approximate surface area is 119 Å². The number of rotatable bonds is 7. The number of benzene rings is 1. The zero-order chi connectivity index (χ0) is 14.3. The van der Waals surface area contributed by atoms with E-state index in [0.717, 1.165) is 5.56 Å². The van der Waals surface area contributed by atoms with Gasteiger partial charge in [0.15, 0.2) is 0 Å². The van der Waals surface area contributed by atoms with Crippen LogP contribution in [0.4, 0.5) is 0 Å². The van der Waals surface area contributed by atoms with Crippen LogP contribution >= 0.6 is 11.6 Å². The molecule has 0 radical (unpaired) electrons. The minimum atomic E-state index is -0.289. The first-order chi connectivity index (χ1) is 9.06. The molecule has 2 atom stereocenters. The summed E-state index contributed by atoms with van der Waals surface area (Å²) >= 11 is 6.13. The fraction of sp³-hybridized carbons (Fsp3) is 0.500. The third-order valence-electron chi connectivity index (χ3n) is 2.87. The molecule has 1 unspecified atom stereocenters. The molecule has 0 aliphatic carbocycles. The summed E-state index contributed by atoms with van der Waals surface area (Å²) in [5.74, 6) is -0.0454. The highest BCUT2D eigenvalue weighted by molar-refractivity contribution is 6.31. The summed E-state index contributed by atoms with van der Waals surface area (Å²) in [6.07, 6.45) is 0. The Balaban J connectivity index is 2.50. The SMILES string of the molecule is COCCNC(=O)C(C)N[C@H](C)c1ccccc1Cl. The maximum Gasteiger partial charge on any atom is 0.236 e. The zero-order valence-corrected chi connectivity index (χ0v) is 12.3. The van der Waals surface area contributed by atoms with Gasteiger partial charge in [-0.3, -0.25) is 10.1 Å². The predicted octanol–water partition coefficient (Wildman–Crippen LogP) is 2.14. The average Bonchev–Trinajstić information content (AvgIpc) is 2.39. The maximum atomic E-state index is 11.8. The molecular weight excluding hydrogens is 264 g/mol. The van der Waals surface area contributed by atoms with Crippen molar-refractivity contribution in [1.29, 1.82) is 0 Å². The molecule has 5 heteroatoms. The van der Waals surface area contributed by atoms with Crippen molar-refractivity contribution >= 4 is 17.5 Å². The number of amides is 1. The van der Waals surface area contributed by atoms with Gasteiger partial charge in [-0.25, -0.2) is 0 Å². The molecular formula is C14H21ClN2O2. The Bertz CT molecular complexity index is 412. The molecule has 0 bridgehead atoms. The summed E-state index contributed by atoms with van der Waals surface area (Å²) in [5.41, 5.74) is 0.987. The molecule has 0 heterocycles. The summed E-state index contributed by atoms with van der Waals surface area (Å²) in [6.45, 7) is 4.84. The van der Waals surface area contributed by atoms with Crippen molar-refractivity contribution in [3.8, 4) is 0 Å². The van der Waals surface area contributed by atoms with Crippen LogP contribution in [0.15, 0.2) is 24.3 Å². The molecule has 0 saturated heterocycles. The Kier molecular flexibility index (Phi) is 6.84. The van der Waals surface area contributed by atoms with E-state index >= 15 is 0 Å². The van der Waals surface area contributed by atoms with Crippen LogP contribution in [0.5, 0.6) is 0 Å². The minimum Gasteiger partial charge on any atom is -0.383 e. The molecule has 0 aliphatic heterocycles. The van der Waals surface area contributed by atoms with E-state index in [-0.39, 0.29) is 18.0 Å². The van der Waals surface area contributed by atoms with E-state index in [1.807, 2.05) is 38.1 Å². The lowest BCUT2D eigenvalue weighted by molar-refractivity contribution is -0.123. The molecule has 0 aromatic heterocycles. The third-order valence-corrected chi connectivity index (χ3v) is 3.21. The normalized spacial score (nSPS) is 13.9. The fourth-order valence-corrected chi connectivity index (χ4v) is 2.10.